The Hall–Kier alpha value is -3.01. The summed E-state index contributed by atoms with van der Waals surface area (Å²) in [5.41, 5.74) is 2.90. The van der Waals surface area contributed by atoms with E-state index in [9.17, 15) is 4.79 Å². The maximum Gasteiger partial charge on any atom is 0.247 e. The van der Waals surface area contributed by atoms with Gasteiger partial charge in [0.25, 0.3) is 0 Å². The molecule has 3 rings (SSSR count). The quantitative estimate of drug-likeness (QED) is 0.726. The Labute approximate surface area is 141 Å². The lowest BCUT2D eigenvalue weighted by atomic mass is 10.1. The maximum absolute atomic E-state index is 12.2. The highest BCUT2D eigenvalue weighted by atomic mass is 16.1. The number of carbonyl (C=O) groups excluding carboxylic acids is 1. The third-order valence-corrected chi connectivity index (χ3v) is 3.70. The van der Waals surface area contributed by atoms with E-state index in [2.05, 4.69) is 22.1 Å². The molecule has 0 N–H and O–H groups in total. The van der Waals surface area contributed by atoms with E-state index < -0.39 is 0 Å². The molecule has 2 heterocycles. The Balaban J connectivity index is 1.73. The number of nitrogens with zero attached hydrogens (tertiary/aromatic N) is 3. The van der Waals surface area contributed by atoms with Crippen LogP contribution >= 0.6 is 0 Å². The van der Waals surface area contributed by atoms with Crippen molar-refractivity contribution in [3.63, 3.8) is 0 Å². The van der Waals surface area contributed by atoms with E-state index in [4.69, 9.17) is 0 Å². The van der Waals surface area contributed by atoms with Crippen LogP contribution in [-0.2, 0) is 17.8 Å². The second kappa shape index (κ2) is 8.02. The molecule has 0 saturated heterocycles. The van der Waals surface area contributed by atoms with Gasteiger partial charge in [0.05, 0.1) is 0 Å². The largest absolute Gasteiger partial charge is 0.329 e. The molecule has 0 saturated carbocycles. The van der Waals surface area contributed by atoms with Crippen molar-refractivity contribution in [2.75, 3.05) is 0 Å². The average molecular weight is 317 g/mol. The van der Waals surface area contributed by atoms with Gasteiger partial charge in [-0.3, -0.25) is 9.78 Å². The van der Waals surface area contributed by atoms with Crippen molar-refractivity contribution in [2.24, 2.45) is 4.99 Å². The molecule has 1 aromatic carbocycles. The number of hydrogen-bond acceptors (Lipinski definition) is 2. The van der Waals surface area contributed by atoms with Crippen LogP contribution < -0.4 is 5.49 Å². The Bertz CT molecular complexity index is 855. The van der Waals surface area contributed by atoms with Crippen molar-refractivity contribution in [1.82, 2.24) is 9.55 Å². The minimum absolute atomic E-state index is 0.119. The molecule has 4 nitrogen and oxygen atoms in total. The van der Waals surface area contributed by atoms with Gasteiger partial charge in [-0.05, 0) is 35.7 Å². The minimum Gasteiger partial charge on any atom is -0.329 e. The standard InChI is InChI=1S/C20H19N3O/c24-20(12-11-17-9-6-13-21-15-17)22-19-10-4-5-14-23(19)16-18-7-2-1-3-8-18/h1-10,13-15H,11-12,16H2. The molecule has 0 atom stereocenters. The van der Waals surface area contributed by atoms with Gasteiger partial charge in [-0.2, -0.15) is 4.99 Å². The molecule has 1 amide bonds. The summed E-state index contributed by atoms with van der Waals surface area (Å²) in [5.74, 6) is -0.119. The molecule has 0 aliphatic rings. The van der Waals surface area contributed by atoms with Crippen LogP contribution in [0.3, 0.4) is 0 Å². The van der Waals surface area contributed by atoms with E-state index in [1.54, 1.807) is 12.4 Å². The molecule has 2 aromatic heterocycles. The average Bonchev–Trinajstić information content (AvgIpc) is 2.63. The zero-order valence-corrected chi connectivity index (χ0v) is 13.4. The Morgan fingerprint density at radius 3 is 2.54 bits per heavy atom. The molecule has 0 spiro atoms. The van der Waals surface area contributed by atoms with Gasteiger partial charge >= 0.3 is 0 Å². The summed E-state index contributed by atoms with van der Waals surface area (Å²) in [6, 6.07) is 19.7. The van der Waals surface area contributed by atoms with E-state index in [0.29, 0.717) is 24.9 Å². The predicted molar refractivity (Wildman–Crippen MR) is 93.1 cm³/mol. The normalized spacial score (nSPS) is 11.4. The number of pyridine rings is 2. The molecule has 0 bridgehead atoms. The van der Waals surface area contributed by atoms with Crippen LogP contribution in [0, 0.1) is 0 Å². The van der Waals surface area contributed by atoms with E-state index in [1.807, 2.05) is 59.3 Å². The SMILES string of the molecule is O=C(CCc1cccnc1)N=c1ccccn1Cc1ccccc1. The molecule has 0 radical (unpaired) electrons. The van der Waals surface area contributed by atoms with Crippen molar-refractivity contribution in [3.05, 3.63) is 95.9 Å². The summed E-state index contributed by atoms with van der Waals surface area (Å²) in [6.45, 7) is 0.691. The van der Waals surface area contributed by atoms with Gasteiger partial charge in [0.15, 0.2) is 0 Å². The lowest BCUT2D eigenvalue weighted by Crippen LogP contribution is -2.22. The van der Waals surface area contributed by atoms with Crippen LogP contribution in [0.2, 0.25) is 0 Å². The zero-order chi connectivity index (χ0) is 16.6. The lowest BCUT2D eigenvalue weighted by Gasteiger charge is -2.07. The first-order chi connectivity index (χ1) is 11.8. The molecular weight excluding hydrogens is 298 g/mol. The fourth-order valence-electron chi connectivity index (χ4n) is 2.46. The second-order valence-corrected chi connectivity index (χ2v) is 5.54. The summed E-state index contributed by atoms with van der Waals surface area (Å²) in [7, 11) is 0. The third kappa shape index (κ3) is 4.49. The maximum atomic E-state index is 12.2. The Morgan fingerprint density at radius 1 is 0.958 bits per heavy atom. The number of amides is 1. The number of aromatic nitrogens is 2. The molecule has 0 unspecified atom stereocenters. The van der Waals surface area contributed by atoms with Crippen molar-refractivity contribution in [1.29, 1.82) is 0 Å². The number of aryl methyl sites for hydroxylation is 1. The van der Waals surface area contributed by atoms with Gasteiger partial charge in [0.2, 0.25) is 5.91 Å². The van der Waals surface area contributed by atoms with Crippen LogP contribution in [0.15, 0.2) is 84.2 Å². The van der Waals surface area contributed by atoms with Crippen molar-refractivity contribution in [2.45, 2.75) is 19.4 Å². The van der Waals surface area contributed by atoms with Crippen LogP contribution in [0.1, 0.15) is 17.5 Å². The highest BCUT2D eigenvalue weighted by Gasteiger charge is 2.02. The van der Waals surface area contributed by atoms with Crippen molar-refractivity contribution >= 4 is 5.91 Å². The molecule has 24 heavy (non-hydrogen) atoms. The number of rotatable bonds is 5. The topological polar surface area (TPSA) is 47.2 Å². The Kier molecular flexibility index (Phi) is 5.30. The van der Waals surface area contributed by atoms with Gasteiger partial charge in [-0.1, -0.05) is 42.5 Å². The van der Waals surface area contributed by atoms with E-state index in [1.165, 1.54) is 5.56 Å². The lowest BCUT2D eigenvalue weighted by molar-refractivity contribution is -0.118. The van der Waals surface area contributed by atoms with E-state index in [0.717, 1.165) is 5.56 Å². The molecule has 0 aliphatic heterocycles. The summed E-state index contributed by atoms with van der Waals surface area (Å²) in [5, 5.41) is 0. The molecule has 4 heteroatoms. The van der Waals surface area contributed by atoms with Crippen LogP contribution in [0.4, 0.5) is 0 Å². The number of hydrogen-bond donors (Lipinski definition) is 0. The van der Waals surface area contributed by atoms with Gasteiger partial charge in [-0.15, -0.1) is 0 Å². The summed E-state index contributed by atoms with van der Waals surface area (Å²) >= 11 is 0. The molecule has 3 aromatic rings. The van der Waals surface area contributed by atoms with Gasteiger partial charge in [0, 0.05) is 31.6 Å². The first-order valence-electron chi connectivity index (χ1n) is 7.97. The first-order valence-corrected chi connectivity index (χ1v) is 7.97. The second-order valence-electron chi connectivity index (χ2n) is 5.54. The highest BCUT2D eigenvalue weighted by molar-refractivity contribution is 5.77. The zero-order valence-electron chi connectivity index (χ0n) is 13.4. The predicted octanol–water partition coefficient (Wildman–Crippen LogP) is 2.99. The van der Waals surface area contributed by atoms with Gasteiger partial charge in [0.1, 0.15) is 5.49 Å². The molecule has 0 fully saturated rings. The fourth-order valence-corrected chi connectivity index (χ4v) is 2.46. The molecular formula is C20H19N3O. The molecule has 120 valence electrons. The van der Waals surface area contributed by atoms with Crippen LogP contribution in [0.5, 0.6) is 0 Å². The summed E-state index contributed by atoms with van der Waals surface area (Å²) in [6.07, 6.45) is 6.49. The monoisotopic (exact) mass is 317 g/mol. The minimum atomic E-state index is -0.119. The first kappa shape index (κ1) is 15.9. The molecule has 0 aliphatic carbocycles. The van der Waals surface area contributed by atoms with Gasteiger partial charge < -0.3 is 4.57 Å². The van der Waals surface area contributed by atoms with Crippen molar-refractivity contribution < 1.29 is 4.79 Å². The summed E-state index contributed by atoms with van der Waals surface area (Å²) < 4.78 is 1.98. The number of benzene rings is 1. The van der Waals surface area contributed by atoms with Crippen molar-refractivity contribution in [3.8, 4) is 0 Å². The number of carbonyl (C=O) groups is 1. The van der Waals surface area contributed by atoms with E-state index >= 15 is 0 Å². The van der Waals surface area contributed by atoms with Crippen LogP contribution in [0.25, 0.3) is 0 Å². The van der Waals surface area contributed by atoms with Crippen LogP contribution in [-0.4, -0.2) is 15.5 Å². The fraction of sp³-hybridized carbons (Fsp3) is 0.150. The summed E-state index contributed by atoms with van der Waals surface area (Å²) in [4.78, 5) is 20.5. The van der Waals surface area contributed by atoms with Gasteiger partial charge in [-0.25, -0.2) is 0 Å². The Morgan fingerprint density at radius 2 is 1.75 bits per heavy atom. The highest BCUT2D eigenvalue weighted by Crippen LogP contribution is 2.02. The van der Waals surface area contributed by atoms with E-state index in [-0.39, 0.29) is 5.91 Å². The third-order valence-electron chi connectivity index (χ3n) is 3.70. The smallest absolute Gasteiger partial charge is 0.247 e.